The maximum absolute atomic E-state index is 13.1. The first-order valence-electron chi connectivity index (χ1n) is 14.8. The standard InChI is InChI=1S/C33H37N5O4/c1-36-22-35-30-19-28(7-9-31(30)36)42-27-12-16-38(17-13-27)33(41)29-8-4-25(20-34-29)32(40)18-23-10-14-37(15-11-23)21-24-2-5-26(39)6-3-24/h2-9,19-20,22-23,27,39H,10-18,21H2,1H3. The number of ether oxygens (including phenoxy) is 1. The van der Waals surface area contributed by atoms with Crippen LogP contribution in [0.15, 0.2) is 67.1 Å². The molecule has 2 saturated heterocycles. The Kier molecular flexibility index (Phi) is 8.19. The van der Waals surface area contributed by atoms with Crippen LogP contribution in [-0.4, -0.2) is 73.4 Å². The van der Waals surface area contributed by atoms with Gasteiger partial charge in [-0.15, -0.1) is 0 Å². The molecule has 0 unspecified atom stereocenters. The Bertz CT molecular complexity index is 1530. The molecule has 0 bridgehead atoms. The number of imidazole rings is 1. The van der Waals surface area contributed by atoms with Gasteiger partial charge in [0.15, 0.2) is 5.78 Å². The first-order valence-corrected chi connectivity index (χ1v) is 14.8. The topological polar surface area (TPSA) is 101 Å². The first-order chi connectivity index (χ1) is 20.4. The molecule has 4 aromatic rings. The zero-order valence-electron chi connectivity index (χ0n) is 24.0. The quantitative estimate of drug-likeness (QED) is 0.304. The number of fused-ring (bicyclic) bond motifs is 1. The van der Waals surface area contributed by atoms with Crippen LogP contribution in [0, 0.1) is 5.92 Å². The number of Topliss-reactive ketones (excluding diaryl/α,β-unsaturated/α-hetero) is 1. The Morgan fingerprint density at radius 3 is 2.40 bits per heavy atom. The van der Waals surface area contributed by atoms with E-state index < -0.39 is 0 Å². The molecule has 1 amide bonds. The van der Waals surface area contributed by atoms with Gasteiger partial charge in [0.1, 0.15) is 23.3 Å². The maximum Gasteiger partial charge on any atom is 0.272 e. The molecule has 9 nitrogen and oxygen atoms in total. The summed E-state index contributed by atoms with van der Waals surface area (Å²) in [7, 11) is 1.97. The fourth-order valence-electron chi connectivity index (χ4n) is 5.99. The van der Waals surface area contributed by atoms with Crippen molar-refractivity contribution in [1.29, 1.82) is 0 Å². The molecule has 1 N–H and O–H groups in total. The lowest BCUT2D eigenvalue weighted by Gasteiger charge is -2.32. The summed E-state index contributed by atoms with van der Waals surface area (Å²) in [5.74, 6) is 1.41. The van der Waals surface area contributed by atoms with Crippen LogP contribution in [0.5, 0.6) is 11.5 Å². The summed E-state index contributed by atoms with van der Waals surface area (Å²) in [4.78, 5) is 39.1. The van der Waals surface area contributed by atoms with Gasteiger partial charge in [-0.25, -0.2) is 4.98 Å². The number of carbonyl (C=O) groups excluding carboxylic acids is 2. The van der Waals surface area contributed by atoms with E-state index in [1.165, 1.54) is 5.56 Å². The lowest BCUT2D eigenvalue weighted by molar-refractivity contribution is 0.0590. The highest BCUT2D eigenvalue weighted by atomic mass is 16.5. The second-order valence-electron chi connectivity index (χ2n) is 11.6. The van der Waals surface area contributed by atoms with Gasteiger partial charge in [-0.1, -0.05) is 12.1 Å². The predicted octanol–water partition coefficient (Wildman–Crippen LogP) is 4.84. The molecule has 0 atom stereocenters. The van der Waals surface area contributed by atoms with E-state index >= 15 is 0 Å². The molecular formula is C33H37N5O4. The summed E-state index contributed by atoms with van der Waals surface area (Å²) < 4.78 is 8.17. The molecule has 0 saturated carbocycles. The molecule has 2 aromatic carbocycles. The molecule has 2 fully saturated rings. The van der Waals surface area contributed by atoms with Crippen molar-refractivity contribution in [3.8, 4) is 11.5 Å². The van der Waals surface area contributed by atoms with E-state index in [0.717, 1.165) is 62.1 Å². The van der Waals surface area contributed by atoms with Crippen molar-refractivity contribution in [1.82, 2.24) is 24.3 Å². The van der Waals surface area contributed by atoms with E-state index in [1.54, 1.807) is 36.8 Å². The number of piperidine rings is 2. The number of aryl methyl sites for hydroxylation is 1. The SMILES string of the molecule is Cn1cnc2cc(OC3CCN(C(=O)c4ccc(C(=O)CC5CCN(Cc6ccc(O)cc6)CC5)cn4)CC3)ccc21. The largest absolute Gasteiger partial charge is 0.508 e. The molecule has 0 spiro atoms. The summed E-state index contributed by atoms with van der Waals surface area (Å²) in [6, 6.07) is 16.7. The van der Waals surface area contributed by atoms with Crippen LogP contribution in [0.3, 0.4) is 0 Å². The second-order valence-corrected chi connectivity index (χ2v) is 11.6. The average Bonchev–Trinajstić information content (AvgIpc) is 3.39. The highest BCUT2D eigenvalue weighted by molar-refractivity contribution is 5.97. The van der Waals surface area contributed by atoms with Gasteiger partial charge < -0.3 is 19.3 Å². The zero-order valence-corrected chi connectivity index (χ0v) is 24.0. The average molecular weight is 568 g/mol. The molecule has 0 aliphatic carbocycles. The minimum absolute atomic E-state index is 0.0443. The van der Waals surface area contributed by atoms with E-state index in [9.17, 15) is 14.7 Å². The number of likely N-dealkylation sites (tertiary alicyclic amines) is 2. The van der Waals surface area contributed by atoms with Crippen molar-refractivity contribution in [3.63, 3.8) is 0 Å². The second kappa shape index (κ2) is 12.3. The molecular weight excluding hydrogens is 530 g/mol. The molecule has 2 aliphatic heterocycles. The number of ketones is 1. The van der Waals surface area contributed by atoms with Crippen LogP contribution in [0.1, 0.15) is 58.5 Å². The number of phenols is 1. The third-order valence-electron chi connectivity index (χ3n) is 8.56. The van der Waals surface area contributed by atoms with Crippen LogP contribution in [0.2, 0.25) is 0 Å². The Morgan fingerprint density at radius 1 is 0.929 bits per heavy atom. The van der Waals surface area contributed by atoms with Crippen LogP contribution in [-0.2, 0) is 13.6 Å². The fourth-order valence-corrected chi connectivity index (χ4v) is 5.99. The number of phenolic OH excluding ortho intramolecular Hbond substituents is 1. The molecule has 0 radical (unpaired) electrons. The molecule has 6 rings (SSSR count). The van der Waals surface area contributed by atoms with Gasteiger partial charge in [0, 0.05) is 63.8 Å². The molecule has 2 aliphatic rings. The summed E-state index contributed by atoms with van der Waals surface area (Å²) in [5, 5.41) is 9.48. The Morgan fingerprint density at radius 2 is 1.69 bits per heavy atom. The molecule has 4 heterocycles. The van der Waals surface area contributed by atoms with Gasteiger partial charge in [-0.05, 0) is 73.8 Å². The minimum Gasteiger partial charge on any atom is -0.508 e. The van der Waals surface area contributed by atoms with Crippen LogP contribution in [0.25, 0.3) is 11.0 Å². The van der Waals surface area contributed by atoms with E-state index in [-0.39, 0.29) is 23.5 Å². The van der Waals surface area contributed by atoms with Crippen LogP contribution >= 0.6 is 0 Å². The van der Waals surface area contributed by atoms with Crippen molar-refractivity contribution in [3.05, 3.63) is 83.9 Å². The number of nitrogens with zero attached hydrogens (tertiary/aromatic N) is 5. The number of amides is 1. The number of hydrogen-bond donors (Lipinski definition) is 1. The summed E-state index contributed by atoms with van der Waals surface area (Å²) in [5.41, 5.74) is 4.08. The van der Waals surface area contributed by atoms with Crippen molar-refractivity contribution in [2.75, 3.05) is 26.2 Å². The number of benzene rings is 2. The van der Waals surface area contributed by atoms with E-state index in [1.807, 2.05) is 46.8 Å². The number of carbonyl (C=O) groups is 2. The molecule has 218 valence electrons. The molecule has 42 heavy (non-hydrogen) atoms. The number of rotatable bonds is 8. The predicted molar refractivity (Wildman–Crippen MR) is 160 cm³/mol. The Hall–Kier alpha value is -4.24. The fraction of sp³-hybridized carbons (Fsp3) is 0.394. The smallest absolute Gasteiger partial charge is 0.272 e. The lowest BCUT2D eigenvalue weighted by atomic mass is 9.90. The van der Waals surface area contributed by atoms with Gasteiger partial charge in [0.25, 0.3) is 5.91 Å². The van der Waals surface area contributed by atoms with E-state index in [0.29, 0.717) is 36.7 Å². The highest BCUT2D eigenvalue weighted by Crippen LogP contribution is 2.26. The number of pyridine rings is 1. The lowest BCUT2D eigenvalue weighted by Crippen LogP contribution is -2.42. The first kappa shape index (κ1) is 27.9. The summed E-state index contributed by atoms with van der Waals surface area (Å²) >= 11 is 0. The molecule has 2 aromatic heterocycles. The summed E-state index contributed by atoms with van der Waals surface area (Å²) in [6.07, 6.45) is 7.34. The minimum atomic E-state index is -0.108. The van der Waals surface area contributed by atoms with E-state index in [2.05, 4.69) is 14.9 Å². The highest BCUT2D eigenvalue weighted by Gasteiger charge is 2.26. The molecule has 9 heteroatoms. The Balaban J connectivity index is 0.948. The van der Waals surface area contributed by atoms with Gasteiger partial charge in [-0.2, -0.15) is 0 Å². The van der Waals surface area contributed by atoms with Gasteiger partial charge in [0.2, 0.25) is 0 Å². The third kappa shape index (κ3) is 6.46. The van der Waals surface area contributed by atoms with Gasteiger partial charge in [-0.3, -0.25) is 19.5 Å². The van der Waals surface area contributed by atoms with Crippen molar-refractivity contribution >= 4 is 22.7 Å². The van der Waals surface area contributed by atoms with Crippen molar-refractivity contribution in [2.45, 2.75) is 44.8 Å². The monoisotopic (exact) mass is 567 g/mol. The number of aromatic nitrogens is 3. The zero-order chi connectivity index (χ0) is 29.1. The van der Waals surface area contributed by atoms with Crippen LogP contribution < -0.4 is 4.74 Å². The Labute approximate surface area is 245 Å². The normalized spacial score (nSPS) is 17.0. The van der Waals surface area contributed by atoms with E-state index in [4.69, 9.17) is 4.74 Å². The van der Waals surface area contributed by atoms with Gasteiger partial charge in [0.05, 0.1) is 17.4 Å². The third-order valence-corrected chi connectivity index (χ3v) is 8.56. The number of aromatic hydroxyl groups is 1. The summed E-state index contributed by atoms with van der Waals surface area (Å²) in [6.45, 7) is 3.96. The van der Waals surface area contributed by atoms with Gasteiger partial charge >= 0.3 is 0 Å². The van der Waals surface area contributed by atoms with Crippen LogP contribution in [0.4, 0.5) is 0 Å². The maximum atomic E-state index is 13.1. The van der Waals surface area contributed by atoms with Crippen molar-refractivity contribution < 1.29 is 19.4 Å². The number of hydrogen-bond acceptors (Lipinski definition) is 7. The van der Waals surface area contributed by atoms with Crippen molar-refractivity contribution in [2.24, 2.45) is 13.0 Å².